The third-order valence-corrected chi connectivity index (χ3v) is 6.04. The molecule has 2 aromatic carbocycles. The predicted molar refractivity (Wildman–Crippen MR) is 122 cm³/mol. The van der Waals surface area contributed by atoms with Gasteiger partial charge in [0.2, 0.25) is 5.91 Å². The van der Waals surface area contributed by atoms with Crippen molar-refractivity contribution in [2.75, 3.05) is 11.4 Å². The van der Waals surface area contributed by atoms with Gasteiger partial charge in [0.05, 0.1) is 5.56 Å². The van der Waals surface area contributed by atoms with Crippen molar-refractivity contribution in [2.45, 2.75) is 32.5 Å². The van der Waals surface area contributed by atoms with Crippen LogP contribution >= 0.6 is 23.7 Å². The molecule has 1 aromatic heterocycles. The SMILES string of the molecule is Cc1ccc(N(CCc2ccc(C(F)(F)F)cc2)C(=O)C(N)c2cccs2)cc1C.Cl. The predicted octanol–water partition coefficient (Wildman–Crippen LogP) is 6.08. The molecule has 0 saturated carbocycles. The molecule has 2 N–H and O–H groups in total. The van der Waals surface area contributed by atoms with Crippen molar-refractivity contribution >= 4 is 35.3 Å². The van der Waals surface area contributed by atoms with Gasteiger partial charge in [-0.15, -0.1) is 23.7 Å². The molecule has 3 rings (SSSR count). The van der Waals surface area contributed by atoms with E-state index in [2.05, 4.69) is 0 Å². The molecule has 3 aromatic rings. The second kappa shape index (κ2) is 10.3. The quantitative estimate of drug-likeness (QED) is 0.476. The zero-order valence-corrected chi connectivity index (χ0v) is 18.8. The number of hydrogen-bond donors (Lipinski definition) is 1. The first-order chi connectivity index (χ1) is 14.2. The number of aryl methyl sites for hydroxylation is 2. The van der Waals surface area contributed by atoms with E-state index in [1.807, 2.05) is 49.6 Å². The van der Waals surface area contributed by atoms with E-state index in [9.17, 15) is 18.0 Å². The Morgan fingerprint density at radius 3 is 2.29 bits per heavy atom. The van der Waals surface area contributed by atoms with Gasteiger partial charge in [-0.25, -0.2) is 0 Å². The Balaban J connectivity index is 0.00000341. The number of nitrogens with two attached hydrogens (primary N) is 1. The van der Waals surface area contributed by atoms with Gasteiger partial charge < -0.3 is 10.6 Å². The minimum absolute atomic E-state index is 0. The lowest BCUT2D eigenvalue weighted by Crippen LogP contribution is -2.39. The second-order valence-electron chi connectivity index (χ2n) is 7.20. The standard InChI is InChI=1S/C23H23F3N2OS.ClH/c1-15-5-10-19(14-16(15)2)28(22(29)21(27)20-4-3-13-30-20)12-11-17-6-8-18(9-7-17)23(24,25)26;/h3-10,13-14,21H,11-12,27H2,1-2H3;1H. The van der Waals surface area contributed by atoms with E-state index in [0.717, 1.165) is 33.8 Å². The zero-order valence-electron chi connectivity index (χ0n) is 17.1. The molecule has 166 valence electrons. The highest BCUT2D eigenvalue weighted by Gasteiger charge is 2.30. The van der Waals surface area contributed by atoms with Crippen LogP contribution in [0.15, 0.2) is 60.0 Å². The van der Waals surface area contributed by atoms with E-state index in [0.29, 0.717) is 18.5 Å². The highest BCUT2D eigenvalue weighted by Crippen LogP contribution is 2.29. The first-order valence-electron chi connectivity index (χ1n) is 9.50. The van der Waals surface area contributed by atoms with E-state index < -0.39 is 17.8 Å². The largest absolute Gasteiger partial charge is 0.416 e. The molecular formula is C23H24ClF3N2OS. The van der Waals surface area contributed by atoms with Crippen LogP contribution in [0.5, 0.6) is 0 Å². The molecule has 1 atom stereocenters. The van der Waals surface area contributed by atoms with Gasteiger partial charge in [-0.2, -0.15) is 13.2 Å². The number of carbonyl (C=O) groups excluding carboxylic acids is 1. The Labute approximate surface area is 190 Å². The molecule has 8 heteroatoms. The Morgan fingerprint density at radius 1 is 1.06 bits per heavy atom. The maximum absolute atomic E-state index is 13.2. The molecule has 0 bridgehead atoms. The number of nitrogens with zero attached hydrogens (tertiary/aromatic N) is 1. The summed E-state index contributed by atoms with van der Waals surface area (Å²) >= 11 is 1.42. The summed E-state index contributed by atoms with van der Waals surface area (Å²) in [7, 11) is 0. The van der Waals surface area contributed by atoms with E-state index in [1.165, 1.54) is 23.5 Å². The smallest absolute Gasteiger partial charge is 0.316 e. The topological polar surface area (TPSA) is 46.3 Å². The Morgan fingerprint density at radius 2 is 1.74 bits per heavy atom. The molecule has 0 aliphatic rings. The highest BCUT2D eigenvalue weighted by atomic mass is 35.5. The monoisotopic (exact) mass is 468 g/mol. The van der Waals surface area contributed by atoms with Crippen LogP contribution in [0.25, 0.3) is 0 Å². The van der Waals surface area contributed by atoms with Crippen molar-refractivity contribution in [2.24, 2.45) is 5.73 Å². The average Bonchev–Trinajstić information content (AvgIpc) is 3.24. The maximum Gasteiger partial charge on any atom is 0.416 e. The lowest BCUT2D eigenvalue weighted by molar-refractivity contribution is -0.137. The third kappa shape index (κ3) is 6.09. The number of rotatable bonds is 6. The molecule has 1 unspecified atom stereocenters. The summed E-state index contributed by atoms with van der Waals surface area (Å²) in [5.41, 5.74) is 9.13. The molecule has 31 heavy (non-hydrogen) atoms. The highest BCUT2D eigenvalue weighted by molar-refractivity contribution is 7.10. The van der Waals surface area contributed by atoms with Crippen molar-refractivity contribution in [3.63, 3.8) is 0 Å². The van der Waals surface area contributed by atoms with Crippen LogP contribution in [0.3, 0.4) is 0 Å². The molecule has 1 heterocycles. The molecule has 0 saturated heterocycles. The number of benzene rings is 2. The van der Waals surface area contributed by atoms with Gasteiger partial charge in [0.15, 0.2) is 0 Å². The molecule has 0 radical (unpaired) electrons. The first-order valence-corrected chi connectivity index (χ1v) is 10.4. The number of halogens is 4. The average molecular weight is 469 g/mol. The van der Waals surface area contributed by atoms with Crippen molar-refractivity contribution in [3.05, 3.63) is 87.1 Å². The minimum atomic E-state index is -4.37. The summed E-state index contributed by atoms with van der Waals surface area (Å²) in [5.74, 6) is -0.243. The Kier molecular flexibility index (Phi) is 8.28. The summed E-state index contributed by atoms with van der Waals surface area (Å²) in [5, 5.41) is 1.87. The Hall–Kier alpha value is -2.35. The van der Waals surface area contributed by atoms with E-state index >= 15 is 0 Å². The molecule has 0 aliphatic heterocycles. The minimum Gasteiger partial charge on any atom is -0.316 e. The van der Waals surface area contributed by atoms with Crippen LogP contribution in [0.1, 0.15) is 33.2 Å². The number of hydrogen-bond acceptors (Lipinski definition) is 3. The molecule has 0 fully saturated rings. The molecule has 1 amide bonds. The fourth-order valence-electron chi connectivity index (χ4n) is 3.12. The molecule has 0 spiro atoms. The summed E-state index contributed by atoms with van der Waals surface area (Å²) in [4.78, 5) is 15.6. The molecule has 3 nitrogen and oxygen atoms in total. The fourth-order valence-corrected chi connectivity index (χ4v) is 3.84. The summed E-state index contributed by atoms with van der Waals surface area (Å²) in [6, 6.07) is 13.6. The zero-order chi connectivity index (χ0) is 21.9. The van der Waals surface area contributed by atoms with Gasteiger partial charge >= 0.3 is 6.18 Å². The van der Waals surface area contributed by atoms with Crippen molar-refractivity contribution in [1.29, 1.82) is 0 Å². The lowest BCUT2D eigenvalue weighted by Gasteiger charge is -2.26. The van der Waals surface area contributed by atoms with Gasteiger partial charge in [0.1, 0.15) is 6.04 Å². The number of anilines is 1. The lowest BCUT2D eigenvalue weighted by atomic mass is 10.1. The van der Waals surface area contributed by atoms with Crippen LogP contribution in [-0.2, 0) is 17.4 Å². The van der Waals surface area contributed by atoms with Crippen LogP contribution in [-0.4, -0.2) is 12.5 Å². The van der Waals surface area contributed by atoms with Gasteiger partial charge in [0.25, 0.3) is 0 Å². The van der Waals surface area contributed by atoms with Crippen LogP contribution < -0.4 is 10.6 Å². The van der Waals surface area contributed by atoms with Crippen molar-refractivity contribution in [3.8, 4) is 0 Å². The number of thiophene rings is 1. The van der Waals surface area contributed by atoms with Crippen LogP contribution in [0, 0.1) is 13.8 Å². The molecule has 0 aliphatic carbocycles. The molecular weight excluding hydrogens is 445 g/mol. The first kappa shape index (κ1) is 24.9. The van der Waals surface area contributed by atoms with E-state index in [4.69, 9.17) is 5.73 Å². The second-order valence-corrected chi connectivity index (χ2v) is 8.18. The van der Waals surface area contributed by atoms with Gasteiger partial charge in [-0.1, -0.05) is 24.3 Å². The van der Waals surface area contributed by atoms with Crippen LogP contribution in [0.2, 0.25) is 0 Å². The van der Waals surface area contributed by atoms with E-state index in [1.54, 1.807) is 4.90 Å². The van der Waals surface area contributed by atoms with Crippen molar-refractivity contribution < 1.29 is 18.0 Å². The van der Waals surface area contributed by atoms with Gasteiger partial charge in [0, 0.05) is 17.1 Å². The summed E-state index contributed by atoms with van der Waals surface area (Å²) in [6.07, 6.45) is -3.96. The normalized spacial score (nSPS) is 12.2. The van der Waals surface area contributed by atoms with Crippen molar-refractivity contribution in [1.82, 2.24) is 0 Å². The number of alkyl halides is 3. The summed E-state index contributed by atoms with van der Waals surface area (Å²) < 4.78 is 38.4. The van der Waals surface area contributed by atoms with Gasteiger partial charge in [-0.05, 0) is 72.7 Å². The van der Waals surface area contributed by atoms with Gasteiger partial charge in [-0.3, -0.25) is 4.79 Å². The number of amides is 1. The maximum atomic E-state index is 13.2. The van der Waals surface area contributed by atoms with Crippen LogP contribution in [0.4, 0.5) is 18.9 Å². The number of carbonyl (C=O) groups is 1. The van der Waals surface area contributed by atoms with E-state index in [-0.39, 0.29) is 18.3 Å². The third-order valence-electron chi connectivity index (χ3n) is 5.09. The summed E-state index contributed by atoms with van der Waals surface area (Å²) in [6.45, 7) is 4.27. The Bertz CT molecular complexity index is 1000. The fraction of sp³-hybridized carbons (Fsp3) is 0.261.